The fourth-order valence-electron chi connectivity index (χ4n) is 3.77. The Kier molecular flexibility index (Phi) is 4.34. The lowest BCUT2D eigenvalue weighted by atomic mass is 9.86. The number of carboxylic acid groups (broad SMARTS) is 1. The van der Waals surface area contributed by atoms with Gasteiger partial charge >= 0.3 is 5.97 Å². The second-order valence-electron chi connectivity index (χ2n) is 7.05. The highest BCUT2D eigenvalue weighted by Crippen LogP contribution is 2.58. The summed E-state index contributed by atoms with van der Waals surface area (Å²) in [6.45, 7) is 8.57. The Morgan fingerprint density at radius 2 is 1.86 bits per heavy atom. The molecule has 1 aliphatic carbocycles. The molecule has 2 rings (SSSR count). The van der Waals surface area contributed by atoms with E-state index < -0.39 is 23.2 Å². The standard InChI is InChI=1S/C16H27NO4/c1-5-16(6-2)9-10(7-8-21-16)17-13(18)11-12(14(19)20)15(11,3)4/h10-12H,5-9H2,1-4H3,(H,17,18)(H,19,20). The lowest BCUT2D eigenvalue weighted by molar-refractivity contribution is -0.141. The average Bonchev–Trinajstić information content (AvgIpc) is 3.02. The highest BCUT2D eigenvalue weighted by atomic mass is 16.5. The zero-order valence-corrected chi connectivity index (χ0v) is 13.4. The highest BCUT2D eigenvalue weighted by Gasteiger charge is 2.66. The molecule has 21 heavy (non-hydrogen) atoms. The van der Waals surface area contributed by atoms with E-state index in [1.807, 2.05) is 13.8 Å². The molecular formula is C16H27NO4. The summed E-state index contributed by atoms with van der Waals surface area (Å²) in [7, 11) is 0. The van der Waals surface area contributed by atoms with Crippen LogP contribution in [-0.4, -0.2) is 35.2 Å². The zero-order valence-electron chi connectivity index (χ0n) is 13.4. The van der Waals surface area contributed by atoms with Gasteiger partial charge in [0, 0.05) is 12.6 Å². The Morgan fingerprint density at radius 1 is 1.24 bits per heavy atom. The zero-order chi connectivity index (χ0) is 15.8. The first-order valence-corrected chi connectivity index (χ1v) is 7.94. The summed E-state index contributed by atoms with van der Waals surface area (Å²) in [5, 5.41) is 12.2. The number of hydrogen-bond acceptors (Lipinski definition) is 3. The third kappa shape index (κ3) is 2.93. The third-order valence-corrected chi connectivity index (χ3v) is 5.50. The largest absolute Gasteiger partial charge is 0.481 e. The number of ether oxygens (including phenoxy) is 1. The molecule has 0 aromatic carbocycles. The lowest BCUT2D eigenvalue weighted by Crippen LogP contribution is -2.48. The smallest absolute Gasteiger partial charge is 0.307 e. The second kappa shape index (κ2) is 5.59. The SMILES string of the molecule is CCC1(CC)CC(NC(=O)C2C(C(=O)O)C2(C)C)CCO1. The van der Waals surface area contributed by atoms with Crippen LogP contribution < -0.4 is 5.32 Å². The summed E-state index contributed by atoms with van der Waals surface area (Å²) in [6, 6.07) is 0.0944. The monoisotopic (exact) mass is 297 g/mol. The number of aliphatic carboxylic acids is 1. The van der Waals surface area contributed by atoms with Crippen molar-refractivity contribution in [2.24, 2.45) is 17.3 Å². The maximum atomic E-state index is 12.4. The van der Waals surface area contributed by atoms with E-state index in [1.165, 1.54) is 0 Å². The van der Waals surface area contributed by atoms with Crippen molar-refractivity contribution in [3.8, 4) is 0 Å². The average molecular weight is 297 g/mol. The molecule has 1 saturated carbocycles. The molecule has 1 amide bonds. The van der Waals surface area contributed by atoms with Gasteiger partial charge in [0.2, 0.25) is 5.91 Å². The molecule has 1 heterocycles. The Bertz CT molecular complexity index is 428. The first-order chi connectivity index (χ1) is 9.77. The Labute approximate surface area is 126 Å². The molecule has 2 fully saturated rings. The molecule has 0 bridgehead atoms. The summed E-state index contributed by atoms with van der Waals surface area (Å²) in [6.07, 6.45) is 3.49. The number of hydrogen-bond donors (Lipinski definition) is 2. The summed E-state index contributed by atoms with van der Waals surface area (Å²) in [4.78, 5) is 23.6. The molecule has 3 unspecified atom stereocenters. The molecule has 5 heteroatoms. The molecule has 0 radical (unpaired) electrons. The number of nitrogens with one attached hydrogen (secondary N) is 1. The van der Waals surface area contributed by atoms with E-state index in [9.17, 15) is 14.7 Å². The van der Waals surface area contributed by atoms with E-state index >= 15 is 0 Å². The maximum Gasteiger partial charge on any atom is 0.307 e. The van der Waals surface area contributed by atoms with Crippen molar-refractivity contribution in [1.82, 2.24) is 5.32 Å². The molecule has 3 atom stereocenters. The molecule has 0 aromatic rings. The van der Waals surface area contributed by atoms with Crippen LogP contribution in [0.1, 0.15) is 53.4 Å². The fourth-order valence-corrected chi connectivity index (χ4v) is 3.77. The minimum absolute atomic E-state index is 0.0944. The molecule has 2 aliphatic rings. The highest BCUT2D eigenvalue weighted by molar-refractivity contribution is 5.91. The van der Waals surface area contributed by atoms with Gasteiger partial charge in [-0.3, -0.25) is 9.59 Å². The van der Waals surface area contributed by atoms with Gasteiger partial charge in [-0.05, 0) is 31.1 Å². The van der Waals surface area contributed by atoms with Gasteiger partial charge in [-0.25, -0.2) is 0 Å². The number of carboxylic acids is 1. The maximum absolute atomic E-state index is 12.4. The molecule has 1 aliphatic heterocycles. The lowest BCUT2D eigenvalue weighted by Gasteiger charge is -2.40. The first kappa shape index (κ1) is 16.3. The minimum atomic E-state index is -0.872. The van der Waals surface area contributed by atoms with Gasteiger partial charge in [-0.2, -0.15) is 0 Å². The van der Waals surface area contributed by atoms with E-state index in [0.29, 0.717) is 6.61 Å². The van der Waals surface area contributed by atoms with Crippen molar-refractivity contribution in [1.29, 1.82) is 0 Å². The molecule has 2 N–H and O–H groups in total. The van der Waals surface area contributed by atoms with Crippen molar-refractivity contribution in [2.75, 3.05) is 6.61 Å². The minimum Gasteiger partial charge on any atom is -0.481 e. The van der Waals surface area contributed by atoms with Gasteiger partial charge in [-0.1, -0.05) is 27.7 Å². The van der Waals surface area contributed by atoms with Crippen molar-refractivity contribution in [3.05, 3.63) is 0 Å². The van der Waals surface area contributed by atoms with Crippen LogP contribution in [0.2, 0.25) is 0 Å². The number of carbonyl (C=O) groups is 2. The van der Waals surface area contributed by atoms with Crippen LogP contribution in [0.3, 0.4) is 0 Å². The first-order valence-electron chi connectivity index (χ1n) is 7.94. The Morgan fingerprint density at radius 3 is 2.33 bits per heavy atom. The fraction of sp³-hybridized carbons (Fsp3) is 0.875. The Hall–Kier alpha value is -1.10. The van der Waals surface area contributed by atoms with E-state index in [0.717, 1.165) is 25.7 Å². The quantitative estimate of drug-likeness (QED) is 0.815. The van der Waals surface area contributed by atoms with Gasteiger partial charge in [-0.15, -0.1) is 0 Å². The number of rotatable bonds is 5. The van der Waals surface area contributed by atoms with Crippen LogP contribution in [0, 0.1) is 17.3 Å². The van der Waals surface area contributed by atoms with Crippen LogP contribution in [0.5, 0.6) is 0 Å². The van der Waals surface area contributed by atoms with Crippen molar-refractivity contribution in [2.45, 2.75) is 65.0 Å². The molecule has 0 spiro atoms. The molecule has 1 saturated heterocycles. The van der Waals surface area contributed by atoms with Crippen LogP contribution in [0.25, 0.3) is 0 Å². The third-order valence-electron chi connectivity index (χ3n) is 5.50. The van der Waals surface area contributed by atoms with Crippen molar-refractivity contribution >= 4 is 11.9 Å². The van der Waals surface area contributed by atoms with Gasteiger partial charge in [0.25, 0.3) is 0 Å². The normalized spacial score (nSPS) is 33.2. The molecular weight excluding hydrogens is 270 g/mol. The van der Waals surface area contributed by atoms with E-state index in [2.05, 4.69) is 19.2 Å². The van der Waals surface area contributed by atoms with Crippen LogP contribution in [-0.2, 0) is 14.3 Å². The van der Waals surface area contributed by atoms with Crippen LogP contribution in [0.15, 0.2) is 0 Å². The summed E-state index contributed by atoms with van der Waals surface area (Å²) in [5.74, 6) is -1.95. The summed E-state index contributed by atoms with van der Waals surface area (Å²) < 4.78 is 5.91. The van der Waals surface area contributed by atoms with Gasteiger partial charge < -0.3 is 15.2 Å². The van der Waals surface area contributed by atoms with Gasteiger partial charge in [0.15, 0.2) is 0 Å². The Balaban J connectivity index is 1.96. The number of amides is 1. The summed E-state index contributed by atoms with van der Waals surface area (Å²) >= 11 is 0. The molecule has 5 nitrogen and oxygen atoms in total. The van der Waals surface area contributed by atoms with Crippen molar-refractivity contribution < 1.29 is 19.4 Å². The van der Waals surface area contributed by atoms with Gasteiger partial charge in [0.1, 0.15) is 0 Å². The van der Waals surface area contributed by atoms with Crippen molar-refractivity contribution in [3.63, 3.8) is 0 Å². The van der Waals surface area contributed by atoms with Gasteiger partial charge in [0.05, 0.1) is 17.4 Å². The van der Waals surface area contributed by atoms with E-state index in [-0.39, 0.29) is 17.6 Å². The molecule has 120 valence electrons. The predicted molar refractivity (Wildman–Crippen MR) is 78.8 cm³/mol. The number of carbonyl (C=O) groups excluding carboxylic acids is 1. The molecule has 0 aromatic heterocycles. The van der Waals surface area contributed by atoms with Crippen LogP contribution >= 0.6 is 0 Å². The predicted octanol–water partition coefficient (Wildman–Crippen LogP) is 2.20. The second-order valence-corrected chi connectivity index (χ2v) is 7.05. The van der Waals surface area contributed by atoms with E-state index in [1.54, 1.807) is 0 Å². The van der Waals surface area contributed by atoms with Crippen LogP contribution in [0.4, 0.5) is 0 Å². The van der Waals surface area contributed by atoms with E-state index in [4.69, 9.17) is 4.74 Å². The summed E-state index contributed by atoms with van der Waals surface area (Å²) in [5.41, 5.74) is -0.574. The topological polar surface area (TPSA) is 75.6 Å².